The summed E-state index contributed by atoms with van der Waals surface area (Å²) in [5, 5.41) is 0. The zero-order valence-corrected chi connectivity index (χ0v) is 14.6. The van der Waals surface area contributed by atoms with Gasteiger partial charge in [0, 0.05) is 51.9 Å². The highest BCUT2D eigenvalue weighted by atomic mass is 16.6. The molecule has 0 bridgehead atoms. The van der Waals surface area contributed by atoms with Crippen molar-refractivity contribution in [2.24, 2.45) is 0 Å². The first-order valence-corrected chi connectivity index (χ1v) is 9.59. The number of nitrogens with zero attached hydrogens (tertiary/aromatic N) is 2. The molecule has 0 radical (unpaired) electrons. The fraction of sp³-hybridized carbons (Fsp3) is 0.944. The van der Waals surface area contributed by atoms with Crippen molar-refractivity contribution >= 4 is 5.91 Å². The Morgan fingerprint density at radius 2 is 1.96 bits per heavy atom. The molecule has 0 N–H and O–H groups in total. The quantitative estimate of drug-likeness (QED) is 0.770. The number of ether oxygens (including phenoxy) is 3. The van der Waals surface area contributed by atoms with E-state index in [0.29, 0.717) is 25.0 Å². The largest absolute Gasteiger partial charge is 0.381 e. The minimum atomic E-state index is -0.178. The standard InChI is InChI=1S/C18H30N2O4/c21-17-2-1-7-19(17)12-16-3-6-18(24-16)13-20(8-11-23-14-18)15-4-9-22-10-5-15/h15-16H,1-14H2/t16-,18-/m0/s1. The number of carbonyl (C=O) groups is 1. The lowest BCUT2D eigenvalue weighted by molar-refractivity contribution is -0.132. The van der Waals surface area contributed by atoms with Gasteiger partial charge in [0.25, 0.3) is 0 Å². The molecule has 4 heterocycles. The SMILES string of the molecule is O=C1CCCN1C[C@@H]1CC[C@]2(COCCN(C3CCOCC3)C2)O1. The molecule has 2 atom stereocenters. The molecular formula is C18H30N2O4. The lowest BCUT2D eigenvalue weighted by Crippen LogP contribution is -2.50. The average molecular weight is 338 g/mol. The van der Waals surface area contributed by atoms with Gasteiger partial charge in [-0.15, -0.1) is 0 Å². The topological polar surface area (TPSA) is 51.2 Å². The molecular weight excluding hydrogens is 308 g/mol. The zero-order chi connectivity index (χ0) is 16.4. The molecule has 6 heteroatoms. The summed E-state index contributed by atoms with van der Waals surface area (Å²) in [6, 6.07) is 0.597. The molecule has 0 aromatic carbocycles. The maximum absolute atomic E-state index is 11.9. The second-order valence-electron chi connectivity index (χ2n) is 7.77. The van der Waals surface area contributed by atoms with Crippen LogP contribution in [0.1, 0.15) is 38.5 Å². The van der Waals surface area contributed by atoms with Gasteiger partial charge in [-0.1, -0.05) is 0 Å². The summed E-state index contributed by atoms with van der Waals surface area (Å²) in [6.45, 7) is 6.83. The van der Waals surface area contributed by atoms with Gasteiger partial charge in [-0.25, -0.2) is 0 Å². The Bertz CT molecular complexity index is 454. The fourth-order valence-electron chi connectivity index (χ4n) is 4.69. The van der Waals surface area contributed by atoms with Crippen LogP contribution in [0, 0.1) is 0 Å². The van der Waals surface area contributed by atoms with Crippen molar-refractivity contribution in [2.45, 2.75) is 56.3 Å². The smallest absolute Gasteiger partial charge is 0.222 e. The van der Waals surface area contributed by atoms with Crippen LogP contribution in [0.4, 0.5) is 0 Å². The molecule has 1 spiro atoms. The molecule has 0 aliphatic carbocycles. The molecule has 6 nitrogen and oxygen atoms in total. The zero-order valence-electron chi connectivity index (χ0n) is 14.6. The monoisotopic (exact) mass is 338 g/mol. The minimum Gasteiger partial charge on any atom is -0.381 e. The van der Waals surface area contributed by atoms with Gasteiger partial charge in [-0.05, 0) is 32.1 Å². The predicted octanol–water partition coefficient (Wildman–Crippen LogP) is 1.04. The summed E-state index contributed by atoms with van der Waals surface area (Å²) in [5.41, 5.74) is -0.178. The van der Waals surface area contributed by atoms with Crippen LogP contribution in [0.3, 0.4) is 0 Å². The van der Waals surface area contributed by atoms with E-state index >= 15 is 0 Å². The molecule has 24 heavy (non-hydrogen) atoms. The molecule has 4 aliphatic heterocycles. The van der Waals surface area contributed by atoms with E-state index in [2.05, 4.69) is 4.90 Å². The van der Waals surface area contributed by atoms with Crippen molar-refractivity contribution in [3.8, 4) is 0 Å². The van der Waals surface area contributed by atoms with Crippen LogP contribution in [0.25, 0.3) is 0 Å². The summed E-state index contributed by atoms with van der Waals surface area (Å²) >= 11 is 0. The average Bonchev–Trinajstić information content (AvgIpc) is 3.11. The summed E-state index contributed by atoms with van der Waals surface area (Å²) in [7, 11) is 0. The van der Waals surface area contributed by atoms with E-state index in [0.717, 1.165) is 78.1 Å². The Kier molecular flexibility index (Phi) is 5.08. The first kappa shape index (κ1) is 16.8. The van der Waals surface area contributed by atoms with E-state index in [1.54, 1.807) is 0 Å². The number of amides is 1. The Balaban J connectivity index is 1.37. The van der Waals surface area contributed by atoms with Gasteiger partial charge in [0.05, 0.1) is 19.3 Å². The molecule has 0 aromatic heterocycles. The normalized spacial score (nSPS) is 36.6. The number of rotatable bonds is 3. The first-order chi connectivity index (χ1) is 11.7. The van der Waals surface area contributed by atoms with Crippen LogP contribution < -0.4 is 0 Å². The van der Waals surface area contributed by atoms with E-state index in [1.165, 1.54) is 0 Å². The van der Waals surface area contributed by atoms with E-state index in [4.69, 9.17) is 14.2 Å². The minimum absolute atomic E-state index is 0.172. The molecule has 136 valence electrons. The molecule has 4 rings (SSSR count). The number of hydrogen-bond donors (Lipinski definition) is 0. The van der Waals surface area contributed by atoms with Gasteiger partial charge >= 0.3 is 0 Å². The molecule has 0 unspecified atom stereocenters. The lowest BCUT2D eigenvalue weighted by Gasteiger charge is -2.38. The Labute approximate surface area is 144 Å². The van der Waals surface area contributed by atoms with E-state index in [-0.39, 0.29) is 11.7 Å². The number of hydrogen-bond acceptors (Lipinski definition) is 5. The summed E-state index contributed by atoms with van der Waals surface area (Å²) in [5.74, 6) is 0.292. The van der Waals surface area contributed by atoms with E-state index in [1.807, 2.05) is 4.90 Å². The van der Waals surface area contributed by atoms with E-state index < -0.39 is 0 Å². The molecule has 4 saturated heterocycles. The van der Waals surface area contributed by atoms with Gasteiger partial charge in [0.2, 0.25) is 5.91 Å². The summed E-state index contributed by atoms with van der Waals surface area (Å²) in [4.78, 5) is 16.4. The van der Waals surface area contributed by atoms with Gasteiger partial charge < -0.3 is 19.1 Å². The van der Waals surface area contributed by atoms with Gasteiger partial charge in [0.15, 0.2) is 0 Å². The third-order valence-electron chi connectivity index (χ3n) is 6.02. The van der Waals surface area contributed by atoms with Crippen LogP contribution in [-0.2, 0) is 19.0 Å². The van der Waals surface area contributed by atoms with Crippen molar-refractivity contribution in [2.75, 3.05) is 52.6 Å². The Morgan fingerprint density at radius 1 is 1.08 bits per heavy atom. The van der Waals surface area contributed by atoms with Crippen LogP contribution in [0.5, 0.6) is 0 Å². The van der Waals surface area contributed by atoms with Crippen molar-refractivity contribution in [1.29, 1.82) is 0 Å². The molecule has 1 amide bonds. The number of likely N-dealkylation sites (tertiary alicyclic amines) is 1. The molecule has 4 fully saturated rings. The van der Waals surface area contributed by atoms with Gasteiger partial charge in [-0.3, -0.25) is 9.69 Å². The highest BCUT2D eigenvalue weighted by Gasteiger charge is 2.45. The van der Waals surface area contributed by atoms with Crippen molar-refractivity contribution in [3.63, 3.8) is 0 Å². The molecule has 0 saturated carbocycles. The molecule has 4 aliphatic rings. The van der Waals surface area contributed by atoms with Crippen LogP contribution in [0.2, 0.25) is 0 Å². The molecule has 0 aromatic rings. The third kappa shape index (κ3) is 3.62. The van der Waals surface area contributed by atoms with Crippen LogP contribution in [-0.4, -0.2) is 86.1 Å². The van der Waals surface area contributed by atoms with Crippen LogP contribution in [0.15, 0.2) is 0 Å². The third-order valence-corrected chi connectivity index (χ3v) is 6.02. The second kappa shape index (κ2) is 7.28. The van der Waals surface area contributed by atoms with Crippen LogP contribution >= 0.6 is 0 Å². The summed E-state index contributed by atoms with van der Waals surface area (Å²) in [6.07, 6.45) is 6.18. The summed E-state index contributed by atoms with van der Waals surface area (Å²) < 4.78 is 17.9. The van der Waals surface area contributed by atoms with Crippen molar-refractivity contribution < 1.29 is 19.0 Å². The Hall–Kier alpha value is -0.690. The predicted molar refractivity (Wildman–Crippen MR) is 88.9 cm³/mol. The number of carbonyl (C=O) groups excluding carboxylic acids is 1. The second-order valence-corrected chi connectivity index (χ2v) is 7.77. The first-order valence-electron chi connectivity index (χ1n) is 9.59. The van der Waals surface area contributed by atoms with E-state index in [9.17, 15) is 4.79 Å². The maximum atomic E-state index is 11.9. The van der Waals surface area contributed by atoms with Crippen molar-refractivity contribution in [1.82, 2.24) is 9.80 Å². The van der Waals surface area contributed by atoms with Gasteiger partial charge in [-0.2, -0.15) is 0 Å². The maximum Gasteiger partial charge on any atom is 0.222 e. The highest BCUT2D eigenvalue weighted by Crippen LogP contribution is 2.35. The highest BCUT2D eigenvalue weighted by molar-refractivity contribution is 5.78. The fourth-order valence-corrected chi connectivity index (χ4v) is 4.69. The lowest BCUT2D eigenvalue weighted by atomic mass is 9.98. The Morgan fingerprint density at radius 3 is 2.75 bits per heavy atom. The van der Waals surface area contributed by atoms with Gasteiger partial charge in [0.1, 0.15) is 5.60 Å². The van der Waals surface area contributed by atoms with Crippen molar-refractivity contribution in [3.05, 3.63) is 0 Å².